The second-order valence-electron chi connectivity index (χ2n) is 4.85. The second-order valence-corrected chi connectivity index (χ2v) is 4.85. The van der Waals surface area contributed by atoms with Gasteiger partial charge in [0.15, 0.2) is 0 Å². The van der Waals surface area contributed by atoms with Gasteiger partial charge in [-0.25, -0.2) is 0 Å². The van der Waals surface area contributed by atoms with Crippen LogP contribution in [-0.4, -0.2) is 33.8 Å². The largest absolute Gasteiger partial charge is 0.508 e. The highest BCUT2D eigenvalue weighted by Crippen LogP contribution is 2.30. The Balaban J connectivity index is 2.07. The van der Waals surface area contributed by atoms with Crippen LogP contribution in [0.1, 0.15) is 25.3 Å². The van der Waals surface area contributed by atoms with Gasteiger partial charge in [-0.1, -0.05) is 12.1 Å². The zero-order chi connectivity index (χ0) is 11.6. The molecule has 1 saturated heterocycles. The molecule has 1 aliphatic rings. The minimum atomic E-state index is -0.0715. The maximum atomic E-state index is 9.44. The zero-order valence-corrected chi connectivity index (χ0v) is 9.69. The van der Waals surface area contributed by atoms with Gasteiger partial charge in [0.05, 0.1) is 6.61 Å². The van der Waals surface area contributed by atoms with Crippen molar-refractivity contribution in [2.24, 2.45) is 0 Å². The fraction of sp³-hybridized carbons (Fsp3) is 0.538. The Bertz CT molecular complexity index is 349. The van der Waals surface area contributed by atoms with Gasteiger partial charge in [-0.3, -0.25) is 4.90 Å². The second kappa shape index (κ2) is 4.44. The van der Waals surface area contributed by atoms with Crippen LogP contribution in [0.2, 0.25) is 0 Å². The van der Waals surface area contributed by atoms with Crippen molar-refractivity contribution in [2.75, 3.05) is 13.2 Å². The van der Waals surface area contributed by atoms with E-state index in [1.54, 1.807) is 12.1 Å². The summed E-state index contributed by atoms with van der Waals surface area (Å²) in [4.78, 5) is 2.32. The predicted octanol–water partition coefficient (Wildman–Crippen LogP) is 1.74. The van der Waals surface area contributed by atoms with Crippen LogP contribution < -0.4 is 0 Å². The molecule has 88 valence electrons. The van der Waals surface area contributed by atoms with Gasteiger partial charge in [-0.2, -0.15) is 0 Å². The Morgan fingerprint density at radius 2 is 2.00 bits per heavy atom. The first kappa shape index (κ1) is 11.4. The topological polar surface area (TPSA) is 43.7 Å². The van der Waals surface area contributed by atoms with Crippen molar-refractivity contribution >= 4 is 0 Å². The third-order valence-electron chi connectivity index (χ3n) is 3.56. The number of hydrogen-bond donors (Lipinski definition) is 2. The number of benzene rings is 1. The van der Waals surface area contributed by atoms with E-state index >= 15 is 0 Å². The van der Waals surface area contributed by atoms with Gasteiger partial charge < -0.3 is 10.2 Å². The SMILES string of the molecule is C[C@]1(CO)CCCN1Cc1ccc(O)cc1. The fourth-order valence-corrected chi connectivity index (χ4v) is 2.35. The average molecular weight is 221 g/mol. The van der Waals surface area contributed by atoms with Crippen molar-refractivity contribution in [3.63, 3.8) is 0 Å². The molecule has 1 atom stereocenters. The van der Waals surface area contributed by atoms with Gasteiger partial charge in [0, 0.05) is 12.1 Å². The van der Waals surface area contributed by atoms with E-state index in [-0.39, 0.29) is 12.1 Å². The molecule has 2 N–H and O–H groups in total. The van der Waals surface area contributed by atoms with Crippen molar-refractivity contribution in [1.82, 2.24) is 4.90 Å². The van der Waals surface area contributed by atoms with Crippen LogP contribution in [-0.2, 0) is 6.54 Å². The third-order valence-corrected chi connectivity index (χ3v) is 3.56. The highest BCUT2D eigenvalue weighted by Gasteiger charge is 2.35. The average Bonchev–Trinajstić information content (AvgIpc) is 2.65. The van der Waals surface area contributed by atoms with Crippen LogP contribution in [0.3, 0.4) is 0 Å². The maximum absolute atomic E-state index is 9.44. The van der Waals surface area contributed by atoms with E-state index in [9.17, 15) is 10.2 Å². The first-order valence-corrected chi connectivity index (χ1v) is 5.78. The van der Waals surface area contributed by atoms with E-state index in [0.29, 0.717) is 5.75 Å². The van der Waals surface area contributed by atoms with Crippen LogP contribution >= 0.6 is 0 Å². The predicted molar refractivity (Wildman–Crippen MR) is 63.2 cm³/mol. The van der Waals surface area contributed by atoms with Gasteiger partial charge in [-0.15, -0.1) is 0 Å². The van der Waals surface area contributed by atoms with Crippen LogP contribution in [0.4, 0.5) is 0 Å². The van der Waals surface area contributed by atoms with Crippen molar-refractivity contribution in [3.05, 3.63) is 29.8 Å². The lowest BCUT2D eigenvalue weighted by molar-refractivity contribution is 0.0734. The Hall–Kier alpha value is -1.06. The number of rotatable bonds is 3. The molecular weight excluding hydrogens is 202 g/mol. The van der Waals surface area contributed by atoms with Crippen molar-refractivity contribution in [2.45, 2.75) is 31.8 Å². The Morgan fingerprint density at radius 3 is 2.62 bits per heavy atom. The van der Waals surface area contributed by atoms with Gasteiger partial charge in [0.2, 0.25) is 0 Å². The first-order chi connectivity index (χ1) is 7.64. The summed E-state index contributed by atoms with van der Waals surface area (Å²) in [5.74, 6) is 0.301. The summed E-state index contributed by atoms with van der Waals surface area (Å²) < 4.78 is 0. The molecule has 3 nitrogen and oxygen atoms in total. The number of nitrogens with zero attached hydrogens (tertiary/aromatic N) is 1. The molecule has 0 radical (unpaired) electrons. The zero-order valence-electron chi connectivity index (χ0n) is 9.69. The Kier molecular flexibility index (Phi) is 3.17. The highest BCUT2D eigenvalue weighted by molar-refractivity contribution is 5.26. The quantitative estimate of drug-likeness (QED) is 0.817. The Labute approximate surface area is 96.3 Å². The molecule has 0 spiro atoms. The summed E-state index contributed by atoms with van der Waals surface area (Å²) >= 11 is 0. The summed E-state index contributed by atoms with van der Waals surface area (Å²) in [5, 5.41) is 18.6. The normalized spacial score (nSPS) is 26.1. The van der Waals surface area contributed by atoms with Crippen LogP contribution in [0, 0.1) is 0 Å². The van der Waals surface area contributed by atoms with Gasteiger partial charge in [0.1, 0.15) is 5.75 Å². The molecule has 16 heavy (non-hydrogen) atoms. The van der Waals surface area contributed by atoms with Crippen LogP contribution in [0.15, 0.2) is 24.3 Å². The highest BCUT2D eigenvalue weighted by atomic mass is 16.3. The van der Waals surface area contributed by atoms with Crippen molar-refractivity contribution in [1.29, 1.82) is 0 Å². The van der Waals surface area contributed by atoms with Gasteiger partial charge >= 0.3 is 0 Å². The molecule has 0 aromatic heterocycles. The monoisotopic (exact) mass is 221 g/mol. The summed E-state index contributed by atoms with van der Waals surface area (Å²) in [7, 11) is 0. The molecule has 1 fully saturated rings. The number of likely N-dealkylation sites (tertiary alicyclic amines) is 1. The molecular formula is C13H19NO2. The number of aliphatic hydroxyl groups is 1. The van der Waals surface area contributed by atoms with Crippen molar-refractivity contribution < 1.29 is 10.2 Å². The van der Waals surface area contributed by atoms with Crippen LogP contribution in [0.25, 0.3) is 0 Å². The van der Waals surface area contributed by atoms with Gasteiger partial charge in [0.25, 0.3) is 0 Å². The molecule has 0 bridgehead atoms. The Morgan fingerprint density at radius 1 is 1.31 bits per heavy atom. The van der Waals surface area contributed by atoms with Crippen molar-refractivity contribution in [3.8, 4) is 5.75 Å². The number of aromatic hydroxyl groups is 1. The van der Waals surface area contributed by atoms with E-state index in [0.717, 1.165) is 25.9 Å². The third kappa shape index (κ3) is 2.20. The lowest BCUT2D eigenvalue weighted by Crippen LogP contribution is -2.43. The van der Waals surface area contributed by atoms with Crippen LogP contribution in [0.5, 0.6) is 5.75 Å². The molecule has 0 saturated carbocycles. The summed E-state index contributed by atoms with van der Waals surface area (Å²) in [6.45, 7) is 4.21. The molecule has 0 unspecified atom stereocenters. The first-order valence-electron chi connectivity index (χ1n) is 5.78. The number of phenols is 1. The van der Waals surface area contributed by atoms with E-state index in [2.05, 4.69) is 11.8 Å². The standard InChI is InChI=1S/C13H19NO2/c1-13(10-15)7-2-8-14(13)9-11-3-5-12(16)6-4-11/h3-6,15-16H,2,7-10H2,1H3/t13-/m1/s1. The summed E-state index contributed by atoms with van der Waals surface area (Å²) in [6, 6.07) is 7.29. The molecule has 0 aliphatic carbocycles. The van der Waals surface area contributed by atoms with E-state index in [1.165, 1.54) is 5.56 Å². The summed E-state index contributed by atoms with van der Waals surface area (Å²) in [6.07, 6.45) is 2.21. The maximum Gasteiger partial charge on any atom is 0.115 e. The molecule has 0 amide bonds. The minimum absolute atomic E-state index is 0.0715. The lowest BCUT2D eigenvalue weighted by atomic mass is 10.00. The number of aliphatic hydroxyl groups excluding tert-OH is 1. The molecule has 1 aliphatic heterocycles. The summed E-state index contributed by atoms with van der Waals surface area (Å²) in [5.41, 5.74) is 1.11. The number of phenolic OH excluding ortho intramolecular Hbond substituents is 1. The van der Waals surface area contributed by atoms with Gasteiger partial charge in [-0.05, 0) is 44.0 Å². The fourth-order valence-electron chi connectivity index (χ4n) is 2.35. The lowest BCUT2D eigenvalue weighted by Gasteiger charge is -2.33. The van der Waals surface area contributed by atoms with E-state index in [4.69, 9.17) is 0 Å². The molecule has 1 heterocycles. The molecule has 3 heteroatoms. The molecule has 2 rings (SSSR count). The van der Waals surface area contributed by atoms with E-state index in [1.807, 2.05) is 12.1 Å². The molecule has 1 aromatic carbocycles. The minimum Gasteiger partial charge on any atom is -0.508 e. The smallest absolute Gasteiger partial charge is 0.115 e. The molecule has 1 aromatic rings. The van der Waals surface area contributed by atoms with E-state index < -0.39 is 0 Å². The number of hydrogen-bond acceptors (Lipinski definition) is 3.